The van der Waals surface area contributed by atoms with Crippen LogP contribution >= 0.6 is 11.3 Å². The Bertz CT molecular complexity index is 730. The zero-order valence-electron chi connectivity index (χ0n) is 15.6. The van der Waals surface area contributed by atoms with E-state index in [9.17, 15) is 20.4 Å². The molecule has 7 nitrogen and oxygen atoms in total. The molecule has 1 aliphatic rings. The molecule has 1 aromatic carbocycles. The van der Waals surface area contributed by atoms with E-state index in [1.54, 1.807) is 24.5 Å². The molecule has 1 aliphatic heterocycles. The molecule has 28 heavy (non-hydrogen) atoms. The lowest BCUT2D eigenvalue weighted by Gasteiger charge is -2.39. The molecule has 0 amide bonds. The second-order valence-electron chi connectivity index (χ2n) is 6.72. The number of methoxy groups -OCH3 is 1. The molecule has 1 fully saturated rings. The van der Waals surface area contributed by atoms with Crippen molar-refractivity contribution in [1.29, 1.82) is 0 Å². The third kappa shape index (κ3) is 4.83. The first-order valence-corrected chi connectivity index (χ1v) is 10.1. The number of rotatable bonds is 8. The predicted molar refractivity (Wildman–Crippen MR) is 104 cm³/mol. The molecule has 3 rings (SSSR count). The van der Waals surface area contributed by atoms with Gasteiger partial charge in [0.15, 0.2) is 0 Å². The zero-order valence-corrected chi connectivity index (χ0v) is 16.4. The first kappa shape index (κ1) is 21.0. The van der Waals surface area contributed by atoms with Gasteiger partial charge in [0.05, 0.1) is 13.7 Å². The Balaban J connectivity index is 1.57. The van der Waals surface area contributed by atoms with E-state index in [0.717, 1.165) is 29.9 Å². The van der Waals surface area contributed by atoms with Gasteiger partial charge in [-0.15, -0.1) is 11.3 Å². The number of hydrogen-bond acceptors (Lipinski definition) is 8. The number of aliphatic hydroxyl groups excluding tert-OH is 4. The summed E-state index contributed by atoms with van der Waals surface area (Å²) in [5.74, 6) is 1.40. The minimum Gasteiger partial charge on any atom is -0.497 e. The molecule has 8 heteroatoms. The van der Waals surface area contributed by atoms with Gasteiger partial charge in [-0.3, -0.25) is 0 Å². The van der Waals surface area contributed by atoms with Crippen LogP contribution in [-0.4, -0.2) is 64.8 Å². The van der Waals surface area contributed by atoms with Crippen LogP contribution in [0.5, 0.6) is 11.5 Å². The van der Waals surface area contributed by atoms with Gasteiger partial charge >= 0.3 is 0 Å². The van der Waals surface area contributed by atoms with Gasteiger partial charge in [-0.25, -0.2) is 0 Å². The van der Waals surface area contributed by atoms with E-state index in [1.165, 1.54) is 5.56 Å². The summed E-state index contributed by atoms with van der Waals surface area (Å²) in [7, 11) is 1.64. The van der Waals surface area contributed by atoms with Crippen LogP contribution < -0.4 is 9.47 Å². The second kappa shape index (κ2) is 9.69. The molecular weight excluding hydrogens is 384 g/mol. The quantitative estimate of drug-likeness (QED) is 0.516. The minimum atomic E-state index is -1.45. The Labute approximate surface area is 167 Å². The SMILES string of the molecule is COc1ccc(CCCc2sccc2OC2OC(CO)C(O)C(O)C2O)cc1. The maximum absolute atomic E-state index is 10.1. The normalized spacial score (nSPS) is 27.5. The average molecular weight is 410 g/mol. The maximum Gasteiger partial charge on any atom is 0.229 e. The number of aryl methyl sites for hydroxylation is 2. The van der Waals surface area contributed by atoms with Gasteiger partial charge in [0.1, 0.15) is 35.9 Å². The van der Waals surface area contributed by atoms with Crippen molar-refractivity contribution in [3.8, 4) is 11.5 Å². The molecule has 154 valence electrons. The van der Waals surface area contributed by atoms with Crippen LogP contribution in [0.4, 0.5) is 0 Å². The van der Waals surface area contributed by atoms with Crippen molar-refractivity contribution >= 4 is 11.3 Å². The van der Waals surface area contributed by atoms with Crippen molar-refractivity contribution in [2.45, 2.75) is 50.0 Å². The van der Waals surface area contributed by atoms with Gasteiger partial charge in [0.2, 0.25) is 6.29 Å². The summed E-state index contributed by atoms with van der Waals surface area (Å²) in [6, 6.07) is 9.74. The zero-order chi connectivity index (χ0) is 20.1. The van der Waals surface area contributed by atoms with E-state index in [0.29, 0.717) is 5.75 Å². The molecule has 0 saturated carbocycles. The van der Waals surface area contributed by atoms with E-state index in [-0.39, 0.29) is 0 Å². The van der Waals surface area contributed by atoms with E-state index in [4.69, 9.17) is 14.2 Å². The Kier molecular flexibility index (Phi) is 7.28. The fourth-order valence-corrected chi connectivity index (χ4v) is 4.00. The predicted octanol–water partition coefficient (Wildman–Crippen LogP) is 1.11. The Hall–Kier alpha value is -1.68. The fraction of sp³-hybridized carbons (Fsp3) is 0.500. The molecule has 0 aliphatic carbocycles. The van der Waals surface area contributed by atoms with E-state index >= 15 is 0 Å². The van der Waals surface area contributed by atoms with Crippen LogP contribution in [-0.2, 0) is 17.6 Å². The smallest absolute Gasteiger partial charge is 0.229 e. The summed E-state index contributed by atoms with van der Waals surface area (Å²) in [5, 5.41) is 41.1. The number of aliphatic hydroxyl groups is 4. The van der Waals surface area contributed by atoms with Gasteiger partial charge < -0.3 is 34.6 Å². The van der Waals surface area contributed by atoms with Crippen molar-refractivity contribution in [2.75, 3.05) is 13.7 Å². The highest BCUT2D eigenvalue weighted by atomic mass is 32.1. The van der Waals surface area contributed by atoms with Crippen LogP contribution in [0.25, 0.3) is 0 Å². The number of benzene rings is 1. The second-order valence-corrected chi connectivity index (χ2v) is 7.73. The van der Waals surface area contributed by atoms with Crippen molar-refractivity contribution in [3.05, 3.63) is 46.2 Å². The largest absolute Gasteiger partial charge is 0.497 e. The first-order valence-electron chi connectivity index (χ1n) is 9.20. The Morgan fingerprint density at radius 1 is 1.00 bits per heavy atom. The molecule has 0 radical (unpaired) electrons. The van der Waals surface area contributed by atoms with Crippen LogP contribution in [0.3, 0.4) is 0 Å². The average Bonchev–Trinajstić information content (AvgIpc) is 3.16. The van der Waals surface area contributed by atoms with Gasteiger partial charge in [0, 0.05) is 4.88 Å². The van der Waals surface area contributed by atoms with Crippen LogP contribution in [0, 0.1) is 0 Å². The summed E-state index contributed by atoms with van der Waals surface area (Å²) in [5.41, 5.74) is 1.22. The third-order valence-corrected chi connectivity index (χ3v) is 5.79. The lowest BCUT2D eigenvalue weighted by molar-refractivity contribution is -0.277. The van der Waals surface area contributed by atoms with Crippen molar-refractivity contribution < 1.29 is 34.6 Å². The minimum absolute atomic E-state index is 0.483. The summed E-state index contributed by atoms with van der Waals surface area (Å²) >= 11 is 1.55. The van der Waals surface area contributed by atoms with Gasteiger partial charge in [-0.2, -0.15) is 0 Å². The van der Waals surface area contributed by atoms with Gasteiger partial charge in [-0.05, 0) is 48.4 Å². The summed E-state index contributed by atoms with van der Waals surface area (Å²) in [4.78, 5) is 1.01. The lowest BCUT2D eigenvalue weighted by Crippen LogP contribution is -2.60. The third-order valence-electron chi connectivity index (χ3n) is 4.82. The molecule has 1 saturated heterocycles. The molecule has 1 aromatic heterocycles. The van der Waals surface area contributed by atoms with Gasteiger partial charge in [-0.1, -0.05) is 12.1 Å². The summed E-state index contributed by atoms with van der Waals surface area (Å²) in [6.45, 7) is -0.483. The Morgan fingerprint density at radius 3 is 2.43 bits per heavy atom. The molecule has 4 N–H and O–H groups in total. The first-order chi connectivity index (χ1) is 13.5. The molecular formula is C20H26O7S. The highest BCUT2D eigenvalue weighted by molar-refractivity contribution is 7.10. The fourth-order valence-electron chi connectivity index (χ4n) is 3.15. The number of ether oxygens (including phenoxy) is 3. The molecule has 5 atom stereocenters. The van der Waals surface area contributed by atoms with Crippen LogP contribution in [0.15, 0.2) is 35.7 Å². The van der Waals surface area contributed by atoms with Crippen LogP contribution in [0.2, 0.25) is 0 Å². The van der Waals surface area contributed by atoms with E-state index in [2.05, 4.69) is 0 Å². The van der Waals surface area contributed by atoms with E-state index < -0.39 is 37.3 Å². The number of hydrogen-bond donors (Lipinski definition) is 4. The molecule has 0 bridgehead atoms. The highest BCUT2D eigenvalue weighted by Crippen LogP contribution is 2.31. The monoisotopic (exact) mass is 410 g/mol. The number of thiophene rings is 1. The molecule has 5 unspecified atom stereocenters. The van der Waals surface area contributed by atoms with E-state index in [1.807, 2.05) is 29.6 Å². The van der Waals surface area contributed by atoms with Crippen LogP contribution in [0.1, 0.15) is 16.9 Å². The standard InChI is InChI=1S/C20H26O7S/c1-25-13-7-5-12(6-8-13)3-2-4-16-14(9-10-28-16)26-20-19(24)18(23)17(22)15(11-21)27-20/h5-10,15,17-24H,2-4,11H2,1H3. The molecule has 2 heterocycles. The maximum atomic E-state index is 10.1. The van der Waals surface area contributed by atoms with Crippen molar-refractivity contribution in [3.63, 3.8) is 0 Å². The van der Waals surface area contributed by atoms with Crippen molar-refractivity contribution in [2.24, 2.45) is 0 Å². The molecule has 0 spiro atoms. The highest BCUT2D eigenvalue weighted by Gasteiger charge is 2.44. The lowest BCUT2D eigenvalue weighted by atomic mass is 9.99. The van der Waals surface area contributed by atoms with Crippen molar-refractivity contribution in [1.82, 2.24) is 0 Å². The summed E-state index contributed by atoms with van der Waals surface area (Å²) < 4.78 is 16.3. The Morgan fingerprint density at radius 2 is 1.75 bits per heavy atom. The molecule has 2 aromatic rings. The van der Waals surface area contributed by atoms with Gasteiger partial charge in [0.25, 0.3) is 0 Å². The topological polar surface area (TPSA) is 109 Å². The summed E-state index contributed by atoms with van der Waals surface area (Å²) in [6.07, 6.45) is -3.80.